The Bertz CT molecular complexity index is 262. The number of fused-ring (bicyclic) bond motifs is 7. The van der Waals surface area contributed by atoms with E-state index >= 15 is 0 Å². The van der Waals surface area contributed by atoms with Gasteiger partial charge in [0, 0.05) is 0 Å². The fourth-order valence-corrected chi connectivity index (χ4v) is 5.77. The number of nitrogens with two attached hydrogens (primary N) is 1. The third-order valence-corrected chi connectivity index (χ3v) is 6.19. The first-order valence-electron chi connectivity index (χ1n) is 6.51. The van der Waals surface area contributed by atoms with Crippen LogP contribution in [0.15, 0.2) is 0 Å². The Kier molecular flexibility index (Phi) is 1.38. The molecule has 0 aromatic carbocycles. The van der Waals surface area contributed by atoms with E-state index in [1.807, 2.05) is 0 Å². The summed E-state index contributed by atoms with van der Waals surface area (Å²) in [6, 6.07) is 0. The van der Waals surface area contributed by atoms with Crippen molar-refractivity contribution < 1.29 is 0 Å². The van der Waals surface area contributed by atoms with Crippen molar-refractivity contribution in [3.05, 3.63) is 0 Å². The molecule has 4 rings (SSSR count). The van der Waals surface area contributed by atoms with Crippen LogP contribution in [-0.4, -0.2) is 6.54 Å². The monoisotopic (exact) mass is 191 g/mol. The number of hydrogen-bond acceptors (Lipinski definition) is 1. The van der Waals surface area contributed by atoms with Crippen LogP contribution in [0.5, 0.6) is 0 Å². The van der Waals surface area contributed by atoms with Gasteiger partial charge in [0.05, 0.1) is 0 Å². The summed E-state index contributed by atoms with van der Waals surface area (Å²) in [5.41, 5.74) is 5.82. The molecule has 0 heterocycles. The maximum atomic E-state index is 5.82. The largest absolute Gasteiger partial charge is 0.330 e. The van der Waals surface area contributed by atoms with Gasteiger partial charge in [-0.25, -0.2) is 0 Å². The Balaban J connectivity index is 1.54. The van der Waals surface area contributed by atoms with Crippen molar-refractivity contribution in [2.75, 3.05) is 6.54 Å². The molecule has 1 nitrogen and oxygen atoms in total. The second-order valence-corrected chi connectivity index (χ2v) is 6.53. The van der Waals surface area contributed by atoms with E-state index in [1.165, 1.54) is 12.3 Å². The minimum atomic E-state index is 0.929. The van der Waals surface area contributed by atoms with Crippen molar-refractivity contribution in [2.24, 2.45) is 53.1 Å². The summed E-state index contributed by atoms with van der Waals surface area (Å²) in [7, 11) is 0. The van der Waals surface area contributed by atoms with Crippen LogP contribution < -0.4 is 5.73 Å². The highest BCUT2D eigenvalue weighted by Gasteiger charge is 2.72. The first kappa shape index (κ1) is 8.15. The lowest BCUT2D eigenvalue weighted by Gasteiger charge is -2.74. The molecule has 4 fully saturated rings. The zero-order valence-corrected chi connectivity index (χ0v) is 9.02. The van der Waals surface area contributed by atoms with Crippen LogP contribution in [0.2, 0.25) is 0 Å². The molecule has 0 amide bonds. The topological polar surface area (TPSA) is 26.0 Å². The van der Waals surface area contributed by atoms with E-state index in [0.717, 1.165) is 48.0 Å². The van der Waals surface area contributed by atoms with Gasteiger partial charge >= 0.3 is 0 Å². The average Bonchev–Trinajstić information content (AvgIpc) is 2.45. The zero-order valence-electron chi connectivity index (χ0n) is 9.02. The van der Waals surface area contributed by atoms with Gasteiger partial charge in [0.1, 0.15) is 0 Å². The molecule has 0 aromatic heterocycles. The van der Waals surface area contributed by atoms with Gasteiger partial charge < -0.3 is 5.73 Å². The Morgan fingerprint density at radius 1 is 0.929 bits per heavy atom. The van der Waals surface area contributed by atoms with Gasteiger partial charge in [-0.3, -0.25) is 0 Å². The van der Waals surface area contributed by atoms with E-state index in [4.69, 9.17) is 5.73 Å². The van der Waals surface area contributed by atoms with E-state index < -0.39 is 0 Å². The van der Waals surface area contributed by atoms with E-state index in [1.54, 1.807) is 12.8 Å². The molecule has 2 N–H and O–H groups in total. The maximum absolute atomic E-state index is 5.82. The molecule has 0 saturated heterocycles. The molecule has 0 aliphatic heterocycles. The molecule has 8 unspecified atom stereocenters. The molecule has 4 saturated carbocycles. The minimum absolute atomic E-state index is 0.929. The Morgan fingerprint density at radius 3 is 2.36 bits per heavy atom. The van der Waals surface area contributed by atoms with Crippen LogP contribution in [0.1, 0.15) is 26.2 Å². The second kappa shape index (κ2) is 2.37. The smallest absolute Gasteiger partial charge is 0.00459 e. The lowest BCUT2D eigenvalue weighted by molar-refractivity contribution is -0.266. The van der Waals surface area contributed by atoms with E-state index in [2.05, 4.69) is 6.92 Å². The third kappa shape index (κ3) is 0.680. The van der Waals surface area contributed by atoms with Crippen LogP contribution in [0.4, 0.5) is 0 Å². The predicted octanol–water partition coefficient (Wildman–Crippen LogP) is 2.12. The van der Waals surface area contributed by atoms with Gasteiger partial charge in [0.2, 0.25) is 0 Å². The molecule has 8 atom stereocenters. The highest BCUT2D eigenvalue weighted by atomic mass is 14.8. The molecule has 14 heavy (non-hydrogen) atoms. The third-order valence-electron chi connectivity index (χ3n) is 6.19. The molecule has 1 heteroatoms. The van der Waals surface area contributed by atoms with Crippen LogP contribution in [0.3, 0.4) is 0 Å². The predicted molar refractivity (Wildman–Crippen MR) is 56.5 cm³/mol. The number of hydrogen-bond donors (Lipinski definition) is 1. The van der Waals surface area contributed by atoms with Crippen LogP contribution >= 0.6 is 0 Å². The molecule has 0 aromatic rings. The zero-order chi connectivity index (χ0) is 9.45. The molecular formula is C13H21N. The second-order valence-electron chi connectivity index (χ2n) is 6.53. The van der Waals surface area contributed by atoms with Crippen LogP contribution in [-0.2, 0) is 0 Å². The van der Waals surface area contributed by atoms with Crippen molar-refractivity contribution in [1.82, 2.24) is 0 Å². The van der Waals surface area contributed by atoms with Gasteiger partial charge in [-0.2, -0.15) is 0 Å². The van der Waals surface area contributed by atoms with E-state index in [-0.39, 0.29) is 0 Å². The van der Waals surface area contributed by atoms with Gasteiger partial charge in [0.15, 0.2) is 0 Å². The maximum Gasteiger partial charge on any atom is -0.00459 e. The van der Waals surface area contributed by atoms with Crippen molar-refractivity contribution in [2.45, 2.75) is 26.2 Å². The average molecular weight is 191 g/mol. The van der Waals surface area contributed by atoms with E-state index in [0.29, 0.717) is 0 Å². The molecule has 0 bridgehead atoms. The molecule has 0 spiro atoms. The first-order chi connectivity index (χ1) is 6.81. The number of rotatable bonds is 1. The van der Waals surface area contributed by atoms with Crippen molar-refractivity contribution >= 4 is 0 Å². The van der Waals surface area contributed by atoms with Crippen molar-refractivity contribution in [3.8, 4) is 0 Å². The first-order valence-corrected chi connectivity index (χ1v) is 6.51. The lowest BCUT2D eigenvalue weighted by atomic mass is 9.30. The van der Waals surface area contributed by atoms with Gasteiger partial charge in [-0.05, 0) is 73.2 Å². The minimum Gasteiger partial charge on any atom is -0.330 e. The fraction of sp³-hybridized carbons (Fsp3) is 1.00. The lowest BCUT2D eigenvalue weighted by Crippen LogP contribution is -2.70. The van der Waals surface area contributed by atoms with Crippen molar-refractivity contribution in [3.63, 3.8) is 0 Å². The highest BCUT2D eigenvalue weighted by molar-refractivity contribution is 5.20. The summed E-state index contributed by atoms with van der Waals surface area (Å²) in [5, 5.41) is 0. The Morgan fingerprint density at radius 2 is 1.64 bits per heavy atom. The van der Waals surface area contributed by atoms with E-state index in [9.17, 15) is 0 Å². The van der Waals surface area contributed by atoms with Gasteiger partial charge in [-0.1, -0.05) is 6.92 Å². The van der Waals surface area contributed by atoms with Crippen molar-refractivity contribution in [1.29, 1.82) is 0 Å². The highest BCUT2D eigenvalue weighted by Crippen LogP contribution is 2.76. The summed E-state index contributed by atoms with van der Waals surface area (Å²) in [5.74, 6) is 8.83. The SMILES string of the molecule is CC1CC2C(C1)C1C3C(CN)CC3C21. The summed E-state index contributed by atoms with van der Waals surface area (Å²) in [6.07, 6.45) is 4.59. The fourth-order valence-electron chi connectivity index (χ4n) is 5.77. The standard InChI is InChI=1S/C13H21N/c1-6-2-8-9(3-6)13-11-7(5-14)4-10(11)12(8)13/h6-13H,2-5,14H2,1H3. The van der Waals surface area contributed by atoms with Crippen LogP contribution in [0.25, 0.3) is 0 Å². The van der Waals surface area contributed by atoms with Gasteiger partial charge in [-0.15, -0.1) is 0 Å². The molecular weight excluding hydrogens is 170 g/mol. The summed E-state index contributed by atoms with van der Waals surface area (Å²) < 4.78 is 0. The van der Waals surface area contributed by atoms with Gasteiger partial charge in [0.25, 0.3) is 0 Å². The molecule has 4 aliphatic carbocycles. The summed E-state index contributed by atoms with van der Waals surface area (Å²) in [6.45, 7) is 3.43. The molecule has 0 radical (unpaired) electrons. The Labute approximate surface area is 86.4 Å². The molecule has 78 valence electrons. The normalized spacial score (nSPS) is 68.1. The van der Waals surface area contributed by atoms with Crippen LogP contribution in [0, 0.1) is 47.3 Å². The Hall–Kier alpha value is -0.0400. The summed E-state index contributed by atoms with van der Waals surface area (Å²) >= 11 is 0. The summed E-state index contributed by atoms with van der Waals surface area (Å²) in [4.78, 5) is 0. The molecule has 4 aliphatic rings. The quantitative estimate of drug-likeness (QED) is 0.675.